The fraction of sp³-hybridized carbons (Fsp3) is 1.00. The Hall–Kier alpha value is -0.120. The first kappa shape index (κ1) is 12.9. The Balaban J connectivity index is 1.92. The Kier molecular flexibility index (Phi) is 5.58. The molecule has 1 heterocycles. The average molecular weight is 215 g/mol. The van der Waals surface area contributed by atoms with Crippen LogP contribution in [0.15, 0.2) is 0 Å². The van der Waals surface area contributed by atoms with Crippen molar-refractivity contribution in [1.29, 1.82) is 0 Å². The molecule has 0 saturated carbocycles. The molecule has 0 spiro atoms. The van der Waals surface area contributed by atoms with Crippen LogP contribution in [0.3, 0.4) is 0 Å². The smallest absolute Gasteiger partial charge is 0.0643 e. The van der Waals surface area contributed by atoms with E-state index in [-0.39, 0.29) is 5.54 Å². The first-order valence-corrected chi connectivity index (χ1v) is 6.12. The second kappa shape index (κ2) is 6.46. The molecule has 3 nitrogen and oxygen atoms in total. The van der Waals surface area contributed by atoms with Crippen molar-refractivity contribution in [2.45, 2.75) is 57.6 Å². The zero-order chi connectivity index (χ0) is 11.1. The van der Waals surface area contributed by atoms with Crippen LogP contribution >= 0.6 is 0 Å². The molecule has 0 aromatic carbocycles. The topological polar surface area (TPSA) is 44.5 Å². The second-order valence-electron chi connectivity index (χ2n) is 4.84. The maximum absolute atomic E-state index is 5.97. The second-order valence-corrected chi connectivity index (χ2v) is 4.84. The van der Waals surface area contributed by atoms with Crippen molar-refractivity contribution in [2.75, 3.05) is 19.8 Å². The molecule has 1 rings (SSSR count). The van der Waals surface area contributed by atoms with Crippen LogP contribution in [0.25, 0.3) is 0 Å². The van der Waals surface area contributed by atoms with Gasteiger partial charge in [0, 0.05) is 18.8 Å². The average Bonchev–Trinajstić information content (AvgIpc) is 2.70. The van der Waals surface area contributed by atoms with Crippen molar-refractivity contribution in [3.05, 3.63) is 0 Å². The van der Waals surface area contributed by atoms with E-state index in [9.17, 15) is 0 Å². The molecule has 1 fully saturated rings. The van der Waals surface area contributed by atoms with Gasteiger partial charge in [0.2, 0.25) is 0 Å². The van der Waals surface area contributed by atoms with Crippen LogP contribution in [0.5, 0.6) is 0 Å². The molecule has 0 radical (unpaired) electrons. The molecule has 0 bridgehead atoms. The SMILES string of the molecule is CCC(C)(N)COCCCC1CCCO1. The van der Waals surface area contributed by atoms with Gasteiger partial charge in [0.25, 0.3) is 0 Å². The van der Waals surface area contributed by atoms with E-state index < -0.39 is 0 Å². The number of hydrogen-bond donors (Lipinski definition) is 1. The summed E-state index contributed by atoms with van der Waals surface area (Å²) in [5, 5.41) is 0. The molecule has 2 N–H and O–H groups in total. The van der Waals surface area contributed by atoms with Gasteiger partial charge < -0.3 is 15.2 Å². The molecule has 2 atom stereocenters. The fourth-order valence-electron chi connectivity index (χ4n) is 1.69. The van der Waals surface area contributed by atoms with Crippen LogP contribution in [-0.2, 0) is 9.47 Å². The lowest BCUT2D eigenvalue weighted by Gasteiger charge is -2.22. The normalized spacial score (nSPS) is 25.4. The van der Waals surface area contributed by atoms with Gasteiger partial charge in [-0.1, -0.05) is 6.92 Å². The van der Waals surface area contributed by atoms with Crippen molar-refractivity contribution < 1.29 is 9.47 Å². The van der Waals surface area contributed by atoms with E-state index >= 15 is 0 Å². The van der Waals surface area contributed by atoms with Gasteiger partial charge in [0.05, 0.1) is 12.7 Å². The van der Waals surface area contributed by atoms with Gasteiger partial charge in [-0.05, 0) is 39.0 Å². The summed E-state index contributed by atoms with van der Waals surface area (Å²) in [5.74, 6) is 0. The van der Waals surface area contributed by atoms with Gasteiger partial charge in [0.1, 0.15) is 0 Å². The molecule has 0 aromatic rings. The van der Waals surface area contributed by atoms with Gasteiger partial charge >= 0.3 is 0 Å². The Morgan fingerprint density at radius 3 is 2.93 bits per heavy atom. The number of rotatable bonds is 7. The highest BCUT2D eigenvalue weighted by atomic mass is 16.5. The summed E-state index contributed by atoms with van der Waals surface area (Å²) in [4.78, 5) is 0. The standard InChI is InChI=1S/C12H25NO2/c1-3-12(2,13)10-14-8-4-6-11-7-5-9-15-11/h11H,3-10,13H2,1-2H3. The van der Waals surface area contributed by atoms with E-state index in [1.807, 2.05) is 6.92 Å². The highest BCUT2D eigenvalue weighted by molar-refractivity contribution is 4.75. The summed E-state index contributed by atoms with van der Waals surface area (Å²) in [5.41, 5.74) is 5.81. The predicted octanol–water partition coefficient (Wildman–Crippen LogP) is 2.09. The highest BCUT2D eigenvalue weighted by Gasteiger charge is 2.16. The van der Waals surface area contributed by atoms with Crippen LogP contribution in [0.2, 0.25) is 0 Å². The Morgan fingerprint density at radius 2 is 2.33 bits per heavy atom. The lowest BCUT2D eigenvalue weighted by molar-refractivity contribution is 0.0651. The molecule has 0 aromatic heterocycles. The summed E-state index contributed by atoms with van der Waals surface area (Å²) < 4.78 is 11.1. The first-order chi connectivity index (χ1) is 7.14. The van der Waals surface area contributed by atoms with Crippen LogP contribution in [0.1, 0.15) is 46.0 Å². The highest BCUT2D eigenvalue weighted by Crippen LogP contribution is 2.16. The summed E-state index contributed by atoms with van der Waals surface area (Å²) >= 11 is 0. The Labute approximate surface area is 93.3 Å². The summed E-state index contributed by atoms with van der Waals surface area (Å²) in [6, 6.07) is 0. The van der Waals surface area contributed by atoms with Gasteiger partial charge in [0.15, 0.2) is 0 Å². The first-order valence-electron chi connectivity index (χ1n) is 6.12. The van der Waals surface area contributed by atoms with Gasteiger partial charge in [-0.15, -0.1) is 0 Å². The van der Waals surface area contributed by atoms with E-state index in [2.05, 4.69) is 6.92 Å². The van der Waals surface area contributed by atoms with E-state index in [0.717, 1.165) is 32.5 Å². The minimum atomic E-state index is -0.163. The third kappa shape index (κ3) is 5.50. The zero-order valence-corrected chi connectivity index (χ0v) is 10.1. The molecule has 1 aliphatic heterocycles. The molecule has 1 saturated heterocycles. The zero-order valence-electron chi connectivity index (χ0n) is 10.1. The molecular weight excluding hydrogens is 190 g/mol. The molecular formula is C12H25NO2. The Morgan fingerprint density at radius 1 is 1.53 bits per heavy atom. The quantitative estimate of drug-likeness (QED) is 0.661. The third-order valence-corrected chi connectivity index (χ3v) is 3.08. The maximum Gasteiger partial charge on any atom is 0.0643 e. The van der Waals surface area contributed by atoms with Crippen molar-refractivity contribution >= 4 is 0 Å². The van der Waals surface area contributed by atoms with Crippen LogP contribution < -0.4 is 5.73 Å². The lowest BCUT2D eigenvalue weighted by Crippen LogP contribution is -2.40. The van der Waals surface area contributed by atoms with Crippen molar-refractivity contribution in [1.82, 2.24) is 0 Å². The largest absolute Gasteiger partial charge is 0.380 e. The van der Waals surface area contributed by atoms with Crippen LogP contribution in [0.4, 0.5) is 0 Å². The fourth-order valence-corrected chi connectivity index (χ4v) is 1.69. The van der Waals surface area contributed by atoms with Gasteiger partial charge in [-0.3, -0.25) is 0 Å². The van der Waals surface area contributed by atoms with E-state index in [4.69, 9.17) is 15.2 Å². The maximum atomic E-state index is 5.97. The number of ether oxygens (including phenoxy) is 2. The van der Waals surface area contributed by atoms with Crippen molar-refractivity contribution in [2.24, 2.45) is 5.73 Å². The number of nitrogens with two attached hydrogens (primary N) is 1. The minimum absolute atomic E-state index is 0.163. The molecule has 1 aliphatic rings. The molecule has 0 amide bonds. The predicted molar refractivity (Wildman–Crippen MR) is 61.9 cm³/mol. The Bertz CT molecular complexity index is 165. The monoisotopic (exact) mass is 215 g/mol. The van der Waals surface area contributed by atoms with Crippen molar-refractivity contribution in [3.8, 4) is 0 Å². The molecule has 0 aliphatic carbocycles. The van der Waals surface area contributed by atoms with Gasteiger partial charge in [-0.2, -0.15) is 0 Å². The minimum Gasteiger partial charge on any atom is -0.380 e. The molecule has 90 valence electrons. The molecule has 15 heavy (non-hydrogen) atoms. The number of hydrogen-bond acceptors (Lipinski definition) is 3. The van der Waals surface area contributed by atoms with Crippen LogP contribution in [-0.4, -0.2) is 31.5 Å². The third-order valence-electron chi connectivity index (χ3n) is 3.08. The van der Waals surface area contributed by atoms with Crippen molar-refractivity contribution in [3.63, 3.8) is 0 Å². The summed E-state index contributed by atoms with van der Waals surface area (Å²) in [6.07, 6.45) is 6.12. The van der Waals surface area contributed by atoms with E-state index in [1.165, 1.54) is 12.8 Å². The molecule has 3 heteroatoms. The van der Waals surface area contributed by atoms with Crippen LogP contribution in [0, 0.1) is 0 Å². The lowest BCUT2D eigenvalue weighted by atomic mass is 10.0. The summed E-state index contributed by atoms with van der Waals surface area (Å²) in [7, 11) is 0. The molecule has 2 unspecified atom stereocenters. The summed E-state index contributed by atoms with van der Waals surface area (Å²) in [6.45, 7) is 6.55. The van der Waals surface area contributed by atoms with E-state index in [1.54, 1.807) is 0 Å². The van der Waals surface area contributed by atoms with E-state index in [0.29, 0.717) is 12.7 Å². The van der Waals surface area contributed by atoms with Gasteiger partial charge in [-0.25, -0.2) is 0 Å².